The van der Waals surface area contributed by atoms with Crippen molar-refractivity contribution in [1.29, 1.82) is 0 Å². The van der Waals surface area contributed by atoms with Crippen molar-refractivity contribution in [3.8, 4) is 11.3 Å². The first kappa shape index (κ1) is 19.7. The standard InChI is InChI=1S/C21H24N4O.HI/c26-14-6-13-25(21-22-11-12-23-21)15-18-17-9-4-5-10-19(17)24-20(18)16-7-2-1-3-8-16;/h1-5,7-10,24,26H,6,11-15H2,(H,22,23);1H. The highest BCUT2D eigenvalue weighted by molar-refractivity contribution is 14.0. The molecule has 0 fully saturated rings. The van der Waals surface area contributed by atoms with Crippen molar-refractivity contribution < 1.29 is 5.11 Å². The van der Waals surface area contributed by atoms with E-state index in [4.69, 9.17) is 0 Å². The largest absolute Gasteiger partial charge is 0.396 e. The van der Waals surface area contributed by atoms with E-state index in [1.165, 1.54) is 16.5 Å². The van der Waals surface area contributed by atoms with E-state index < -0.39 is 0 Å². The lowest BCUT2D eigenvalue weighted by Gasteiger charge is -2.25. The number of H-pyrrole nitrogens is 1. The summed E-state index contributed by atoms with van der Waals surface area (Å²) in [5.41, 5.74) is 4.74. The number of para-hydroxylation sites is 1. The molecule has 0 saturated heterocycles. The summed E-state index contributed by atoms with van der Waals surface area (Å²) in [6.45, 7) is 3.40. The first-order chi connectivity index (χ1) is 12.9. The molecule has 0 aliphatic carbocycles. The summed E-state index contributed by atoms with van der Waals surface area (Å²) in [7, 11) is 0. The smallest absolute Gasteiger partial charge is 0.194 e. The Morgan fingerprint density at radius 3 is 2.56 bits per heavy atom. The molecule has 3 aromatic rings. The van der Waals surface area contributed by atoms with Crippen LogP contribution in [0.15, 0.2) is 59.6 Å². The Labute approximate surface area is 176 Å². The van der Waals surface area contributed by atoms with E-state index >= 15 is 0 Å². The topological polar surface area (TPSA) is 63.6 Å². The molecule has 0 amide bonds. The SMILES string of the molecule is I.OCCCN(Cc1c(-c2ccccc2)[nH]c2ccccc12)C1=NCCN1. The summed E-state index contributed by atoms with van der Waals surface area (Å²) < 4.78 is 0. The zero-order valence-corrected chi connectivity index (χ0v) is 17.5. The van der Waals surface area contributed by atoms with Crippen LogP contribution in [0.25, 0.3) is 22.2 Å². The van der Waals surface area contributed by atoms with Gasteiger partial charge in [0.2, 0.25) is 0 Å². The molecule has 1 aliphatic rings. The monoisotopic (exact) mass is 476 g/mol. The van der Waals surface area contributed by atoms with Gasteiger partial charge in [0.15, 0.2) is 5.96 Å². The number of aliphatic imine (C=N–C) groups is 1. The van der Waals surface area contributed by atoms with Gasteiger partial charge in [0.05, 0.1) is 12.2 Å². The number of hydrogen-bond acceptors (Lipinski definition) is 4. The molecule has 4 rings (SSSR count). The fraction of sp³-hybridized carbons (Fsp3) is 0.286. The number of guanidine groups is 1. The zero-order chi connectivity index (χ0) is 17.8. The molecule has 2 aromatic carbocycles. The minimum Gasteiger partial charge on any atom is -0.396 e. The second-order valence-electron chi connectivity index (χ2n) is 6.52. The molecule has 3 N–H and O–H groups in total. The molecule has 0 unspecified atom stereocenters. The van der Waals surface area contributed by atoms with Gasteiger partial charge in [0.25, 0.3) is 0 Å². The number of aromatic nitrogens is 1. The summed E-state index contributed by atoms with van der Waals surface area (Å²) in [6.07, 6.45) is 0.726. The van der Waals surface area contributed by atoms with Gasteiger partial charge in [-0.1, -0.05) is 48.5 Å². The molecule has 5 nitrogen and oxygen atoms in total. The number of halogens is 1. The molecule has 27 heavy (non-hydrogen) atoms. The molecule has 6 heteroatoms. The van der Waals surface area contributed by atoms with Crippen molar-refractivity contribution in [2.75, 3.05) is 26.2 Å². The number of rotatable bonds is 6. The Hall–Kier alpha value is -2.06. The maximum atomic E-state index is 9.30. The molecule has 1 aromatic heterocycles. The van der Waals surface area contributed by atoms with Crippen molar-refractivity contribution in [2.45, 2.75) is 13.0 Å². The Morgan fingerprint density at radius 1 is 1.04 bits per heavy atom. The average molecular weight is 476 g/mol. The van der Waals surface area contributed by atoms with Gasteiger partial charge >= 0.3 is 0 Å². The number of nitrogens with one attached hydrogen (secondary N) is 2. The van der Waals surface area contributed by atoms with E-state index in [2.05, 4.69) is 68.7 Å². The number of nitrogens with zero attached hydrogens (tertiary/aromatic N) is 2. The van der Waals surface area contributed by atoms with Crippen molar-refractivity contribution >= 4 is 40.8 Å². The summed E-state index contributed by atoms with van der Waals surface area (Å²) in [5, 5.41) is 13.9. The number of fused-ring (bicyclic) bond motifs is 1. The van der Waals surface area contributed by atoms with E-state index in [9.17, 15) is 5.11 Å². The van der Waals surface area contributed by atoms with Gasteiger partial charge in [0, 0.05) is 42.7 Å². The van der Waals surface area contributed by atoms with Gasteiger partial charge in [-0.2, -0.15) is 0 Å². The molecule has 2 heterocycles. The lowest BCUT2D eigenvalue weighted by molar-refractivity contribution is 0.264. The molecule has 0 spiro atoms. The van der Waals surface area contributed by atoms with E-state index in [-0.39, 0.29) is 30.6 Å². The second kappa shape index (κ2) is 9.23. The van der Waals surface area contributed by atoms with Crippen molar-refractivity contribution in [3.63, 3.8) is 0 Å². The number of hydrogen-bond donors (Lipinski definition) is 3. The summed E-state index contributed by atoms with van der Waals surface area (Å²) in [6, 6.07) is 18.9. The van der Waals surface area contributed by atoms with Crippen LogP contribution in [0.2, 0.25) is 0 Å². The Kier molecular flexibility index (Phi) is 6.73. The van der Waals surface area contributed by atoms with Crippen LogP contribution in [0.5, 0.6) is 0 Å². The number of aliphatic hydroxyl groups is 1. The van der Waals surface area contributed by atoms with Crippen LogP contribution >= 0.6 is 24.0 Å². The van der Waals surface area contributed by atoms with Crippen molar-refractivity contribution in [1.82, 2.24) is 15.2 Å². The van der Waals surface area contributed by atoms with Crippen LogP contribution in [-0.4, -0.2) is 47.2 Å². The normalized spacial score (nSPS) is 13.1. The lowest BCUT2D eigenvalue weighted by Crippen LogP contribution is -2.39. The molecule has 142 valence electrons. The molecule has 1 aliphatic heterocycles. The maximum absolute atomic E-state index is 9.30. The van der Waals surface area contributed by atoms with Crippen LogP contribution in [0.1, 0.15) is 12.0 Å². The predicted molar refractivity (Wildman–Crippen MR) is 122 cm³/mol. The lowest BCUT2D eigenvalue weighted by atomic mass is 10.0. The second-order valence-corrected chi connectivity index (χ2v) is 6.52. The third kappa shape index (κ3) is 4.27. The first-order valence-corrected chi connectivity index (χ1v) is 9.16. The van der Waals surface area contributed by atoms with Crippen LogP contribution in [0.4, 0.5) is 0 Å². The Morgan fingerprint density at radius 2 is 1.81 bits per heavy atom. The molecule has 0 saturated carbocycles. The third-order valence-corrected chi connectivity index (χ3v) is 4.77. The molecule has 0 radical (unpaired) electrons. The average Bonchev–Trinajstić information content (AvgIpc) is 3.34. The molecular weight excluding hydrogens is 451 g/mol. The predicted octanol–water partition coefficient (Wildman–Crippen LogP) is 3.60. The summed E-state index contributed by atoms with van der Waals surface area (Å²) >= 11 is 0. The highest BCUT2D eigenvalue weighted by Gasteiger charge is 2.20. The van der Waals surface area contributed by atoms with E-state index in [1.54, 1.807) is 0 Å². The number of benzene rings is 2. The molecular formula is C21H25IN4O. The fourth-order valence-corrected chi connectivity index (χ4v) is 3.52. The van der Waals surface area contributed by atoms with Gasteiger partial charge in [-0.05, 0) is 18.1 Å². The van der Waals surface area contributed by atoms with Crippen molar-refractivity contribution in [2.24, 2.45) is 4.99 Å². The number of aliphatic hydroxyl groups excluding tert-OH is 1. The Balaban J connectivity index is 0.00000210. The van der Waals surface area contributed by atoms with E-state index in [0.717, 1.165) is 49.8 Å². The highest BCUT2D eigenvalue weighted by Crippen LogP contribution is 2.31. The summed E-state index contributed by atoms with van der Waals surface area (Å²) in [4.78, 5) is 10.4. The van der Waals surface area contributed by atoms with Crippen LogP contribution in [0.3, 0.4) is 0 Å². The maximum Gasteiger partial charge on any atom is 0.194 e. The van der Waals surface area contributed by atoms with Gasteiger partial charge < -0.3 is 20.3 Å². The highest BCUT2D eigenvalue weighted by atomic mass is 127. The first-order valence-electron chi connectivity index (χ1n) is 9.16. The third-order valence-electron chi connectivity index (χ3n) is 4.77. The quantitative estimate of drug-likeness (QED) is 0.477. The van der Waals surface area contributed by atoms with Gasteiger partial charge in [-0.15, -0.1) is 24.0 Å². The fourth-order valence-electron chi connectivity index (χ4n) is 3.52. The molecule has 0 atom stereocenters. The molecule has 0 bridgehead atoms. The zero-order valence-electron chi connectivity index (χ0n) is 15.2. The number of aromatic amines is 1. The van der Waals surface area contributed by atoms with E-state index in [1.807, 2.05) is 6.07 Å². The minimum atomic E-state index is 0. The van der Waals surface area contributed by atoms with Crippen LogP contribution < -0.4 is 5.32 Å². The Bertz CT molecular complexity index is 907. The minimum absolute atomic E-state index is 0. The summed E-state index contributed by atoms with van der Waals surface area (Å²) in [5.74, 6) is 0.933. The van der Waals surface area contributed by atoms with Crippen molar-refractivity contribution in [3.05, 3.63) is 60.2 Å². The van der Waals surface area contributed by atoms with E-state index in [0.29, 0.717) is 0 Å². The van der Waals surface area contributed by atoms with Gasteiger partial charge in [-0.25, -0.2) is 0 Å². The van der Waals surface area contributed by atoms with Gasteiger partial charge in [0.1, 0.15) is 0 Å². The van der Waals surface area contributed by atoms with Gasteiger partial charge in [-0.3, -0.25) is 4.99 Å². The van der Waals surface area contributed by atoms with Crippen LogP contribution in [-0.2, 0) is 6.54 Å². The van der Waals surface area contributed by atoms with Crippen LogP contribution in [0, 0.1) is 0 Å².